The third kappa shape index (κ3) is 8.95. The highest BCUT2D eigenvalue weighted by molar-refractivity contribution is 7.92. The number of sulfone groups is 1. The Morgan fingerprint density at radius 1 is 0.911 bits per heavy atom. The lowest BCUT2D eigenvalue weighted by molar-refractivity contribution is -0.129. The number of nitrogens with one attached hydrogen (secondary N) is 1. The van der Waals surface area contributed by atoms with Crippen LogP contribution in [-0.4, -0.2) is 143 Å². The monoisotopic (exact) mass is 792 g/mol. The highest BCUT2D eigenvalue weighted by Crippen LogP contribution is 2.51. The zero-order chi connectivity index (χ0) is 39.5. The van der Waals surface area contributed by atoms with Gasteiger partial charge < -0.3 is 34.9 Å². The zero-order valence-corrected chi connectivity index (χ0v) is 34.0. The standard InChI is InChI=1S/C43H61FN6O5S/c1-46(2)20-8-13-41(51)50-29-38(30-50)56(54,55)37-16-14-36(15-17-37)49-27-32(28-49)26-47-23-18-33(19-24-47)43(31-48-21-4-3-5-22-48,34-9-6-10-35(44)25-34)39-11-7-12-40(39)45-42(52)53/h6,8-10,13-17,25,32-33,38-40,45H,3-5,7,11-12,18-24,26-31H2,1-2H3,(H,52,53)/b13-8+/t39-,40-,43?/m0/s1. The SMILES string of the molecule is CN(C)C/C=C/C(=O)N1CC(S(=O)(=O)c2ccc(N3CC(CN4CCC(C(CN5CCCCC5)(c5cccc(F)c5)[C@H]5CCC[C@@H]5NC(=O)O)CC4)C3)cc2)C1. The molecule has 4 aliphatic heterocycles. The molecule has 3 atom stereocenters. The minimum Gasteiger partial charge on any atom is -0.465 e. The second kappa shape index (κ2) is 17.5. The van der Waals surface area contributed by atoms with E-state index in [0.717, 1.165) is 95.7 Å². The first kappa shape index (κ1) is 40.7. The number of hydrogen-bond acceptors (Lipinski definition) is 8. The van der Waals surface area contributed by atoms with Crippen molar-refractivity contribution in [2.75, 3.05) is 91.0 Å². The maximum absolute atomic E-state index is 15.1. The number of piperidine rings is 2. The number of benzene rings is 2. The third-order valence-electron chi connectivity index (χ3n) is 13.4. The summed E-state index contributed by atoms with van der Waals surface area (Å²) in [5, 5.41) is 12.2. The van der Waals surface area contributed by atoms with Crippen LogP contribution in [0.15, 0.2) is 65.6 Å². The minimum absolute atomic E-state index is 0.105. The molecule has 7 rings (SSSR count). The molecule has 1 unspecified atom stereocenters. The number of likely N-dealkylation sites (tertiary alicyclic amines) is 3. The molecular formula is C43H61FN6O5S. The van der Waals surface area contributed by atoms with Gasteiger partial charge in [-0.1, -0.05) is 31.1 Å². The van der Waals surface area contributed by atoms with Crippen molar-refractivity contribution in [1.82, 2.24) is 24.9 Å². The molecule has 11 nitrogen and oxygen atoms in total. The van der Waals surface area contributed by atoms with Crippen molar-refractivity contribution in [2.24, 2.45) is 17.8 Å². The summed E-state index contributed by atoms with van der Waals surface area (Å²) < 4.78 is 41.7. The molecule has 2 aromatic carbocycles. The lowest BCUT2D eigenvalue weighted by atomic mass is 9.58. The third-order valence-corrected chi connectivity index (χ3v) is 15.5. The van der Waals surface area contributed by atoms with Crippen LogP contribution in [0.4, 0.5) is 14.9 Å². The van der Waals surface area contributed by atoms with E-state index in [1.807, 2.05) is 37.2 Å². The van der Waals surface area contributed by atoms with Gasteiger partial charge in [-0.2, -0.15) is 0 Å². The van der Waals surface area contributed by atoms with Gasteiger partial charge in [0.05, 0.1) is 4.90 Å². The maximum Gasteiger partial charge on any atom is 0.404 e. The van der Waals surface area contributed by atoms with Crippen LogP contribution < -0.4 is 10.2 Å². The largest absolute Gasteiger partial charge is 0.465 e. The van der Waals surface area contributed by atoms with Gasteiger partial charge in [0, 0.05) is 75.0 Å². The van der Waals surface area contributed by atoms with E-state index in [2.05, 4.69) is 26.1 Å². The number of carbonyl (C=O) groups excluding carboxylic acids is 1. The number of anilines is 1. The average Bonchev–Trinajstić information content (AvgIpc) is 3.59. The molecule has 1 aliphatic carbocycles. The molecule has 0 aromatic heterocycles. The average molecular weight is 793 g/mol. The fourth-order valence-electron chi connectivity index (χ4n) is 10.5. The quantitative estimate of drug-likeness (QED) is 0.257. The van der Waals surface area contributed by atoms with Crippen molar-refractivity contribution in [3.05, 3.63) is 72.1 Å². The molecule has 13 heteroatoms. The smallest absolute Gasteiger partial charge is 0.404 e. The van der Waals surface area contributed by atoms with Gasteiger partial charge in [-0.05, 0) is 133 Å². The van der Waals surface area contributed by atoms with E-state index in [-0.39, 0.29) is 42.2 Å². The fraction of sp³-hybridized carbons (Fsp3) is 0.628. The highest BCUT2D eigenvalue weighted by Gasteiger charge is 2.53. The van der Waals surface area contributed by atoms with Gasteiger partial charge in [0.15, 0.2) is 9.84 Å². The molecule has 5 aliphatic rings. The zero-order valence-electron chi connectivity index (χ0n) is 33.2. The van der Waals surface area contributed by atoms with Gasteiger partial charge in [-0.3, -0.25) is 4.79 Å². The predicted octanol–water partition coefficient (Wildman–Crippen LogP) is 4.94. The Morgan fingerprint density at radius 2 is 1.62 bits per heavy atom. The normalized spacial score (nSPS) is 24.6. The van der Waals surface area contributed by atoms with Crippen molar-refractivity contribution < 1.29 is 27.5 Å². The van der Waals surface area contributed by atoms with Crippen molar-refractivity contribution in [3.8, 4) is 0 Å². The van der Waals surface area contributed by atoms with Crippen LogP contribution in [0.25, 0.3) is 0 Å². The van der Waals surface area contributed by atoms with E-state index < -0.39 is 21.2 Å². The van der Waals surface area contributed by atoms with Crippen molar-refractivity contribution >= 4 is 27.5 Å². The fourth-order valence-corrected chi connectivity index (χ4v) is 12.1. The first-order valence-electron chi connectivity index (χ1n) is 20.8. The van der Waals surface area contributed by atoms with Crippen LogP contribution in [0, 0.1) is 23.6 Å². The number of carboxylic acid groups (broad SMARTS) is 1. The Kier molecular flexibility index (Phi) is 12.7. The summed E-state index contributed by atoms with van der Waals surface area (Å²) in [6.07, 6.45) is 10.6. The number of carbonyl (C=O) groups is 2. The summed E-state index contributed by atoms with van der Waals surface area (Å²) in [6.45, 7) is 8.76. The van der Waals surface area contributed by atoms with E-state index in [4.69, 9.17) is 0 Å². The van der Waals surface area contributed by atoms with Crippen molar-refractivity contribution in [3.63, 3.8) is 0 Å². The maximum atomic E-state index is 15.1. The molecule has 2 amide bonds. The Morgan fingerprint density at radius 3 is 2.29 bits per heavy atom. The van der Waals surface area contributed by atoms with Gasteiger partial charge in [-0.25, -0.2) is 17.6 Å². The van der Waals surface area contributed by atoms with E-state index in [9.17, 15) is 23.1 Å². The molecular weight excluding hydrogens is 732 g/mol. The molecule has 4 heterocycles. The molecule has 2 N–H and O–H groups in total. The molecule has 0 bridgehead atoms. The minimum atomic E-state index is -3.52. The Labute approximate surface area is 332 Å². The summed E-state index contributed by atoms with van der Waals surface area (Å²) in [6, 6.07) is 14.3. The Balaban J connectivity index is 0.955. The molecule has 56 heavy (non-hydrogen) atoms. The summed E-state index contributed by atoms with van der Waals surface area (Å²) in [5.74, 6) is 0.554. The summed E-state index contributed by atoms with van der Waals surface area (Å²) in [7, 11) is 0.325. The van der Waals surface area contributed by atoms with Gasteiger partial charge >= 0.3 is 6.09 Å². The van der Waals surface area contributed by atoms with Crippen LogP contribution in [0.3, 0.4) is 0 Å². The van der Waals surface area contributed by atoms with Crippen molar-refractivity contribution in [1.29, 1.82) is 0 Å². The molecule has 4 saturated heterocycles. The van der Waals surface area contributed by atoms with E-state index in [0.29, 0.717) is 23.3 Å². The van der Waals surface area contributed by atoms with Crippen LogP contribution in [0.2, 0.25) is 0 Å². The number of likely N-dealkylation sites (N-methyl/N-ethyl adjacent to an activating group) is 1. The van der Waals surface area contributed by atoms with E-state index >= 15 is 4.39 Å². The van der Waals surface area contributed by atoms with Crippen LogP contribution >= 0.6 is 0 Å². The van der Waals surface area contributed by atoms with Crippen LogP contribution in [-0.2, 0) is 20.0 Å². The van der Waals surface area contributed by atoms with Crippen LogP contribution in [0.5, 0.6) is 0 Å². The number of rotatable bonds is 14. The highest BCUT2D eigenvalue weighted by atomic mass is 32.2. The van der Waals surface area contributed by atoms with Gasteiger partial charge in [0.25, 0.3) is 0 Å². The predicted molar refractivity (Wildman–Crippen MR) is 217 cm³/mol. The van der Waals surface area contributed by atoms with Crippen molar-refractivity contribution in [2.45, 2.75) is 73.0 Å². The molecule has 1 saturated carbocycles. The summed E-state index contributed by atoms with van der Waals surface area (Å²) in [4.78, 5) is 35.7. The van der Waals surface area contributed by atoms with E-state index in [1.54, 1.807) is 29.2 Å². The summed E-state index contributed by atoms with van der Waals surface area (Å²) >= 11 is 0. The number of amides is 2. The summed E-state index contributed by atoms with van der Waals surface area (Å²) in [5.41, 5.74) is 1.71. The Bertz CT molecular complexity index is 1800. The van der Waals surface area contributed by atoms with Crippen LogP contribution in [0.1, 0.15) is 56.9 Å². The lowest BCUT2D eigenvalue weighted by Crippen LogP contribution is -2.59. The topological polar surface area (TPSA) is 117 Å². The van der Waals surface area contributed by atoms with Gasteiger partial charge in [-0.15, -0.1) is 0 Å². The van der Waals surface area contributed by atoms with E-state index in [1.165, 1.54) is 31.4 Å². The van der Waals surface area contributed by atoms with Gasteiger partial charge in [0.2, 0.25) is 5.91 Å². The lowest BCUT2D eigenvalue weighted by Gasteiger charge is -2.53. The second-order valence-electron chi connectivity index (χ2n) is 17.4. The van der Waals surface area contributed by atoms with Gasteiger partial charge in [0.1, 0.15) is 11.1 Å². The number of nitrogens with zero attached hydrogens (tertiary/aromatic N) is 5. The number of hydrogen-bond donors (Lipinski definition) is 2. The second-order valence-corrected chi connectivity index (χ2v) is 19.6. The number of halogens is 1. The molecule has 306 valence electrons. The molecule has 2 aromatic rings. The first-order chi connectivity index (χ1) is 26.9. The Hall–Kier alpha value is -3.52. The molecule has 0 radical (unpaired) electrons. The molecule has 0 spiro atoms. The first-order valence-corrected chi connectivity index (χ1v) is 22.4. The molecule has 5 fully saturated rings.